The van der Waals surface area contributed by atoms with Gasteiger partial charge in [0.05, 0.1) is 0 Å². The van der Waals surface area contributed by atoms with Crippen LogP contribution in [-0.4, -0.2) is 19.9 Å². The van der Waals surface area contributed by atoms with Crippen LogP contribution < -0.4 is 0 Å². The highest BCUT2D eigenvalue weighted by atomic mass is 32.2. The molecule has 2 atom stereocenters. The first-order valence-electron chi connectivity index (χ1n) is 5.59. The van der Waals surface area contributed by atoms with Gasteiger partial charge in [-0.05, 0) is 31.1 Å². The molecule has 0 amide bonds. The van der Waals surface area contributed by atoms with E-state index in [4.69, 9.17) is 0 Å². The topological polar surface area (TPSA) is 46.5 Å². The standard InChI is InChI=1S/C11H17NO2S/c1-2-9-3-4-10(7-9)8-12-15(13,14)11-5-6-11/h5-6,8-11H,2-4,7H2,1H3/t9-,10?/m0/s1. The van der Waals surface area contributed by atoms with E-state index in [-0.39, 0.29) is 0 Å². The molecule has 15 heavy (non-hydrogen) atoms. The molecular formula is C11H17NO2S. The molecule has 0 aromatic carbocycles. The van der Waals surface area contributed by atoms with Crippen molar-refractivity contribution in [3.63, 3.8) is 0 Å². The molecule has 2 rings (SSSR count). The van der Waals surface area contributed by atoms with Gasteiger partial charge < -0.3 is 0 Å². The third-order valence-corrected chi connectivity index (χ3v) is 4.69. The largest absolute Gasteiger partial charge is 0.262 e. The summed E-state index contributed by atoms with van der Waals surface area (Å²) >= 11 is 0. The molecule has 4 heteroatoms. The summed E-state index contributed by atoms with van der Waals surface area (Å²) in [4.78, 5) is 0. The second kappa shape index (κ2) is 4.08. The molecule has 1 unspecified atom stereocenters. The van der Waals surface area contributed by atoms with Gasteiger partial charge in [-0.2, -0.15) is 4.40 Å². The lowest BCUT2D eigenvalue weighted by Gasteiger charge is -2.03. The molecule has 1 saturated carbocycles. The first kappa shape index (κ1) is 10.9. The van der Waals surface area contributed by atoms with Crippen LogP contribution >= 0.6 is 0 Å². The normalized spacial score (nSPS) is 31.5. The summed E-state index contributed by atoms with van der Waals surface area (Å²) in [6.45, 7) is 2.19. The van der Waals surface area contributed by atoms with Crippen molar-refractivity contribution in [3.05, 3.63) is 12.2 Å². The van der Waals surface area contributed by atoms with Gasteiger partial charge in [0.15, 0.2) is 0 Å². The van der Waals surface area contributed by atoms with Gasteiger partial charge in [0.25, 0.3) is 10.0 Å². The van der Waals surface area contributed by atoms with E-state index in [9.17, 15) is 8.42 Å². The van der Waals surface area contributed by atoms with Gasteiger partial charge in [-0.1, -0.05) is 25.5 Å². The summed E-state index contributed by atoms with van der Waals surface area (Å²) in [6, 6.07) is 0. The monoisotopic (exact) mass is 227 g/mol. The van der Waals surface area contributed by atoms with Crippen molar-refractivity contribution >= 4 is 16.2 Å². The summed E-state index contributed by atoms with van der Waals surface area (Å²) < 4.78 is 26.6. The van der Waals surface area contributed by atoms with Crippen molar-refractivity contribution in [1.82, 2.24) is 0 Å². The molecule has 0 bridgehead atoms. The van der Waals surface area contributed by atoms with Gasteiger partial charge in [-0.25, -0.2) is 8.42 Å². The van der Waals surface area contributed by atoms with Crippen LogP contribution in [0.25, 0.3) is 0 Å². The zero-order valence-electron chi connectivity index (χ0n) is 8.96. The lowest BCUT2D eigenvalue weighted by atomic mass is 10.0. The van der Waals surface area contributed by atoms with Crippen LogP contribution in [0.3, 0.4) is 0 Å². The number of rotatable bonds is 4. The van der Waals surface area contributed by atoms with E-state index in [1.807, 2.05) is 0 Å². The zero-order valence-corrected chi connectivity index (χ0v) is 9.78. The van der Waals surface area contributed by atoms with Crippen molar-refractivity contribution in [1.29, 1.82) is 0 Å². The van der Waals surface area contributed by atoms with Crippen LogP contribution in [-0.2, 0) is 10.0 Å². The smallest absolute Gasteiger partial charge is 0.204 e. The Labute approximate surface area is 91.3 Å². The molecule has 0 N–H and O–H groups in total. The highest BCUT2D eigenvalue weighted by Gasteiger charge is 2.28. The number of sulfonamides is 1. The van der Waals surface area contributed by atoms with Crippen molar-refractivity contribution in [2.75, 3.05) is 0 Å². The molecular weight excluding hydrogens is 210 g/mol. The fraction of sp³-hybridized carbons (Fsp3) is 0.727. The zero-order chi connectivity index (χ0) is 10.9. The Hall–Kier alpha value is -0.640. The Morgan fingerprint density at radius 1 is 1.40 bits per heavy atom. The number of nitrogens with zero attached hydrogens (tertiary/aromatic N) is 1. The number of hydrogen-bond donors (Lipinski definition) is 0. The minimum Gasteiger partial charge on any atom is -0.204 e. The van der Waals surface area contributed by atoms with Crippen LogP contribution in [0.5, 0.6) is 0 Å². The van der Waals surface area contributed by atoms with E-state index in [0.717, 1.165) is 18.8 Å². The Morgan fingerprint density at radius 3 is 2.67 bits per heavy atom. The van der Waals surface area contributed by atoms with Gasteiger partial charge >= 0.3 is 0 Å². The average Bonchev–Trinajstić information content (AvgIpc) is 2.96. The van der Waals surface area contributed by atoms with Crippen LogP contribution in [0.2, 0.25) is 0 Å². The second-order valence-electron chi connectivity index (χ2n) is 4.47. The predicted octanol–water partition coefficient (Wildman–Crippen LogP) is 2.15. The summed E-state index contributed by atoms with van der Waals surface area (Å²) in [6.07, 6.45) is 9.59. The van der Waals surface area contributed by atoms with E-state index in [0.29, 0.717) is 5.92 Å². The van der Waals surface area contributed by atoms with Crippen molar-refractivity contribution in [2.45, 2.75) is 37.9 Å². The van der Waals surface area contributed by atoms with Gasteiger partial charge in [-0.15, -0.1) is 0 Å². The maximum atomic E-state index is 11.4. The van der Waals surface area contributed by atoms with Gasteiger partial charge in [0.2, 0.25) is 0 Å². The number of hydrogen-bond acceptors (Lipinski definition) is 2. The van der Waals surface area contributed by atoms with Gasteiger partial charge in [0, 0.05) is 6.21 Å². The SMILES string of the molecule is CC[C@H]1CCC(C=NS(=O)(=O)C2C=C2)C1. The third-order valence-electron chi connectivity index (χ3n) is 3.27. The van der Waals surface area contributed by atoms with Crippen LogP contribution in [0.1, 0.15) is 32.6 Å². The Morgan fingerprint density at radius 2 is 2.13 bits per heavy atom. The minimum absolute atomic E-state index is 0.378. The maximum absolute atomic E-state index is 11.4. The van der Waals surface area contributed by atoms with Crippen LogP contribution in [0, 0.1) is 11.8 Å². The van der Waals surface area contributed by atoms with E-state index < -0.39 is 15.3 Å². The Kier molecular flexibility index (Phi) is 2.96. The van der Waals surface area contributed by atoms with E-state index in [1.165, 1.54) is 12.8 Å². The predicted molar refractivity (Wildman–Crippen MR) is 61.5 cm³/mol. The fourth-order valence-electron chi connectivity index (χ4n) is 2.10. The molecule has 1 fully saturated rings. The second-order valence-corrected chi connectivity index (χ2v) is 6.25. The quantitative estimate of drug-likeness (QED) is 0.545. The molecule has 84 valence electrons. The molecule has 3 nitrogen and oxygen atoms in total. The summed E-state index contributed by atoms with van der Waals surface area (Å²) in [7, 11) is -3.24. The molecule has 0 radical (unpaired) electrons. The third kappa shape index (κ3) is 2.68. The Balaban J connectivity index is 1.89. The lowest BCUT2D eigenvalue weighted by molar-refractivity contribution is 0.522. The average molecular weight is 227 g/mol. The Bertz CT molecular complexity index is 377. The van der Waals surface area contributed by atoms with E-state index in [1.54, 1.807) is 18.4 Å². The first-order valence-corrected chi connectivity index (χ1v) is 7.09. The molecule has 0 spiro atoms. The first-order chi connectivity index (χ1) is 7.12. The van der Waals surface area contributed by atoms with Crippen LogP contribution in [0.15, 0.2) is 16.5 Å². The lowest BCUT2D eigenvalue weighted by Crippen LogP contribution is -2.06. The molecule has 0 heterocycles. The highest BCUT2D eigenvalue weighted by molar-refractivity contribution is 7.91. The summed E-state index contributed by atoms with van der Waals surface area (Å²) in [5.74, 6) is 1.15. The van der Waals surface area contributed by atoms with E-state index in [2.05, 4.69) is 11.3 Å². The van der Waals surface area contributed by atoms with Crippen LogP contribution in [0.4, 0.5) is 0 Å². The molecule has 0 aromatic heterocycles. The minimum atomic E-state index is -3.24. The molecule has 2 aliphatic carbocycles. The molecule has 2 aliphatic rings. The molecule has 0 aromatic rings. The van der Waals surface area contributed by atoms with Gasteiger partial charge in [0.1, 0.15) is 5.25 Å². The summed E-state index contributed by atoms with van der Waals surface area (Å²) in [5, 5.41) is -0.405. The highest BCUT2D eigenvalue weighted by Crippen LogP contribution is 2.32. The fourth-order valence-corrected chi connectivity index (χ4v) is 3.08. The molecule has 0 saturated heterocycles. The van der Waals surface area contributed by atoms with E-state index >= 15 is 0 Å². The van der Waals surface area contributed by atoms with Crippen molar-refractivity contribution < 1.29 is 8.42 Å². The maximum Gasteiger partial charge on any atom is 0.262 e. The molecule has 0 aliphatic heterocycles. The van der Waals surface area contributed by atoms with Crippen molar-refractivity contribution in [3.8, 4) is 0 Å². The van der Waals surface area contributed by atoms with Gasteiger partial charge in [-0.3, -0.25) is 0 Å². The summed E-state index contributed by atoms with van der Waals surface area (Å²) in [5.41, 5.74) is 0. The van der Waals surface area contributed by atoms with Crippen molar-refractivity contribution in [2.24, 2.45) is 16.2 Å².